The van der Waals surface area contributed by atoms with Crippen LogP contribution in [-0.2, 0) is 10.2 Å². The van der Waals surface area contributed by atoms with Crippen molar-refractivity contribution in [3.05, 3.63) is 64.4 Å². The normalized spacial score (nSPS) is 15.4. The van der Waals surface area contributed by atoms with Crippen LogP contribution >= 0.6 is 11.6 Å². The lowest BCUT2D eigenvalue weighted by atomic mass is 9.64. The second kappa shape index (κ2) is 6.24. The zero-order valence-electron chi connectivity index (χ0n) is 12.8. The van der Waals surface area contributed by atoms with Crippen molar-refractivity contribution >= 4 is 29.1 Å². The summed E-state index contributed by atoms with van der Waals surface area (Å²) in [6.07, 6.45) is 2.13. The van der Waals surface area contributed by atoms with Crippen LogP contribution in [-0.4, -0.2) is 11.8 Å². The van der Waals surface area contributed by atoms with Gasteiger partial charge in [0.05, 0.1) is 11.1 Å². The number of rotatable bonds is 4. The van der Waals surface area contributed by atoms with E-state index in [9.17, 15) is 14.0 Å². The first-order valence-electron chi connectivity index (χ1n) is 7.59. The van der Waals surface area contributed by atoms with Gasteiger partial charge in [-0.25, -0.2) is 4.39 Å². The van der Waals surface area contributed by atoms with Gasteiger partial charge in [-0.3, -0.25) is 9.59 Å². The summed E-state index contributed by atoms with van der Waals surface area (Å²) in [5, 5.41) is 2.93. The highest BCUT2D eigenvalue weighted by Gasteiger charge is 2.44. The van der Waals surface area contributed by atoms with Gasteiger partial charge in [0.25, 0.3) is 5.91 Å². The van der Waals surface area contributed by atoms with Gasteiger partial charge in [-0.05, 0) is 48.7 Å². The number of primary amides is 1. The molecule has 2 amide bonds. The van der Waals surface area contributed by atoms with Crippen LogP contribution in [0.2, 0.25) is 5.02 Å². The van der Waals surface area contributed by atoms with Gasteiger partial charge in [0.1, 0.15) is 5.82 Å². The number of carbonyl (C=O) groups excluding carboxylic acids is 2. The zero-order chi connectivity index (χ0) is 17.3. The van der Waals surface area contributed by atoms with Crippen LogP contribution in [0.1, 0.15) is 35.2 Å². The van der Waals surface area contributed by atoms with Crippen molar-refractivity contribution in [3.8, 4) is 0 Å². The van der Waals surface area contributed by atoms with Gasteiger partial charge >= 0.3 is 0 Å². The van der Waals surface area contributed by atoms with Gasteiger partial charge in [0, 0.05) is 10.6 Å². The first-order chi connectivity index (χ1) is 11.4. The van der Waals surface area contributed by atoms with E-state index in [1.54, 1.807) is 24.3 Å². The Kier molecular flexibility index (Phi) is 4.28. The number of hydrogen-bond donors (Lipinski definition) is 2. The standard InChI is InChI=1S/C18H16ClFN2O2/c19-13-4-1-3-11(9-13)16(23)22-15-6-5-12(10-14(15)20)18(17(21)24)7-2-8-18/h1,3-6,9-10H,2,7-8H2,(H2,21,24)(H,22,23). The molecule has 3 N–H and O–H groups in total. The lowest BCUT2D eigenvalue weighted by Crippen LogP contribution is -2.46. The molecule has 0 heterocycles. The van der Waals surface area contributed by atoms with E-state index in [1.165, 1.54) is 18.2 Å². The minimum Gasteiger partial charge on any atom is -0.369 e. The van der Waals surface area contributed by atoms with E-state index in [0.717, 1.165) is 6.42 Å². The summed E-state index contributed by atoms with van der Waals surface area (Å²) in [4.78, 5) is 23.9. The molecule has 3 rings (SSSR count). The molecule has 0 aliphatic heterocycles. The Bertz CT molecular complexity index is 818. The molecule has 0 radical (unpaired) electrons. The lowest BCUT2D eigenvalue weighted by molar-refractivity contribution is -0.126. The number of halogens is 2. The minimum atomic E-state index is -0.781. The van der Waals surface area contributed by atoms with E-state index in [4.69, 9.17) is 17.3 Å². The quantitative estimate of drug-likeness (QED) is 0.887. The van der Waals surface area contributed by atoms with E-state index in [0.29, 0.717) is 29.0 Å². The largest absolute Gasteiger partial charge is 0.369 e. The van der Waals surface area contributed by atoms with Gasteiger partial charge in [0.2, 0.25) is 5.91 Å². The summed E-state index contributed by atoms with van der Waals surface area (Å²) >= 11 is 5.85. The molecule has 0 aromatic heterocycles. The van der Waals surface area contributed by atoms with Crippen molar-refractivity contribution in [1.82, 2.24) is 0 Å². The number of amides is 2. The predicted octanol–water partition coefficient (Wildman–Crippen LogP) is 3.64. The Morgan fingerprint density at radius 1 is 1.17 bits per heavy atom. The van der Waals surface area contributed by atoms with E-state index in [-0.39, 0.29) is 5.69 Å². The Hall–Kier alpha value is -2.40. The number of anilines is 1. The summed E-state index contributed by atoms with van der Waals surface area (Å²) in [6, 6.07) is 10.7. The molecule has 1 aliphatic carbocycles. The molecule has 0 bridgehead atoms. The Morgan fingerprint density at radius 3 is 2.46 bits per heavy atom. The van der Waals surface area contributed by atoms with Crippen LogP contribution in [0.4, 0.5) is 10.1 Å². The summed E-state index contributed by atoms with van der Waals surface area (Å²) in [6.45, 7) is 0. The molecule has 0 atom stereocenters. The van der Waals surface area contributed by atoms with Gasteiger partial charge < -0.3 is 11.1 Å². The van der Waals surface area contributed by atoms with E-state index in [1.807, 2.05) is 0 Å². The highest BCUT2D eigenvalue weighted by atomic mass is 35.5. The average Bonchev–Trinajstić information content (AvgIpc) is 2.48. The second-order valence-electron chi connectivity index (χ2n) is 5.96. The van der Waals surface area contributed by atoms with Gasteiger partial charge in [-0.1, -0.05) is 30.2 Å². The molecular formula is C18H16ClFN2O2. The van der Waals surface area contributed by atoms with Gasteiger partial charge in [0.15, 0.2) is 0 Å². The molecule has 4 nitrogen and oxygen atoms in total. The summed E-state index contributed by atoms with van der Waals surface area (Å²) in [7, 11) is 0. The molecule has 1 saturated carbocycles. The Morgan fingerprint density at radius 2 is 1.92 bits per heavy atom. The number of carbonyl (C=O) groups is 2. The van der Waals surface area contributed by atoms with Crippen LogP contribution in [0.25, 0.3) is 0 Å². The fourth-order valence-corrected chi connectivity index (χ4v) is 3.14. The maximum absolute atomic E-state index is 14.4. The zero-order valence-corrected chi connectivity index (χ0v) is 13.6. The average molecular weight is 347 g/mol. The van der Waals surface area contributed by atoms with Crippen molar-refractivity contribution < 1.29 is 14.0 Å². The van der Waals surface area contributed by atoms with Crippen molar-refractivity contribution in [2.45, 2.75) is 24.7 Å². The maximum atomic E-state index is 14.4. The van der Waals surface area contributed by atoms with Crippen LogP contribution in [0.3, 0.4) is 0 Å². The number of nitrogens with one attached hydrogen (secondary N) is 1. The third kappa shape index (κ3) is 2.87. The summed E-state index contributed by atoms with van der Waals surface area (Å²) in [5.74, 6) is -1.50. The van der Waals surface area contributed by atoms with Crippen LogP contribution in [0, 0.1) is 5.82 Å². The molecule has 6 heteroatoms. The van der Waals surface area contributed by atoms with Crippen LogP contribution in [0.5, 0.6) is 0 Å². The number of nitrogens with two attached hydrogens (primary N) is 1. The Labute approximate surface area is 143 Å². The topological polar surface area (TPSA) is 72.2 Å². The van der Waals surface area contributed by atoms with Crippen molar-refractivity contribution in [2.75, 3.05) is 5.32 Å². The van der Waals surface area contributed by atoms with E-state index >= 15 is 0 Å². The summed E-state index contributed by atoms with van der Waals surface area (Å²) < 4.78 is 14.4. The van der Waals surface area contributed by atoms with Gasteiger partial charge in [-0.15, -0.1) is 0 Å². The second-order valence-corrected chi connectivity index (χ2v) is 6.40. The van der Waals surface area contributed by atoms with Crippen LogP contribution in [0.15, 0.2) is 42.5 Å². The highest BCUT2D eigenvalue weighted by molar-refractivity contribution is 6.31. The molecule has 1 fully saturated rings. The highest BCUT2D eigenvalue weighted by Crippen LogP contribution is 2.44. The van der Waals surface area contributed by atoms with Crippen molar-refractivity contribution in [3.63, 3.8) is 0 Å². The monoisotopic (exact) mass is 346 g/mol. The molecule has 2 aromatic carbocycles. The third-order valence-corrected chi connectivity index (χ3v) is 4.77. The molecule has 0 spiro atoms. The van der Waals surface area contributed by atoms with E-state index in [2.05, 4.69) is 5.32 Å². The molecular weight excluding hydrogens is 331 g/mol. The fourth-order valence-electron chi connectivity index (χ4n) is 2.95. The predicted molar refractivity (Wildman–Crippen MR) is 90.5 cm³/mol. The number of hydrogen-bond acceptors (Lipinski definition) is 2. The SMILES string of the molecule is NC(=O)C1(c2ccc(NC(=O)c3cccc(Cl)c3)c(F)c2)CCC1. The smallest absolute Gasteiger partial charge is 0.255 e. The van der Waals surface area contributed by atoms with Crippen molar-refractivity contribution in [1.29, 1.82) is 0 Å². The first kappa shape index (κ1) is 16.5. The molecule has 124 valence electrons. The van der Waals surface area contributed by atoms with Crippen molar-refractivity contribution in [2.24, 2.45) is 5.73 Å². The summed E-state index contributed by atoms with van der Waals surface area (Å²) in [5.41, 5.74) is 5.63. The molecule has 1 aliphatic rings. The molecule has 0 unspecified atom stereocenters. The van der Waals surface area contributed by atoms with E-state index < -0.39 is 23.0 Å². The third-order valence-electron chi connectivity index (χ3n) is 4.54. The maximum Gasteiger partial charge on any atom is 0.255 e. The fraction of sp³-hybridized carbons (Fsp3) is 0.222. The van der Waals surface area contributed by atoms with Crippen LogP contribution < -0.4 is 11.1 Å². The molecule has 2 aromatic rings. The number of benzene rings is 2. The Balaban J connectivity index is 1.83. The molecule has 0 saturated heterocycles. The minimum absolute atomic E-state index is 0.0441. The van der Waals surface area contributed by atoms with Gasteiger partial charge in [-0.2, -0.15) is 0 Å². The lowest BCUT2D eigenvalue weighted by Gasteiger charge is -2.39. The molecule has 24 heavy (non-hydrogen) atoms. The first-order valence-corrected chi connectivity index (χ1v) is 7.97.